The fourth-order valence-electron chi connectivity index (χ4n) is 2.71. The van der Waals surface area contributed by atoms with Gasteiger partial charge in [0, 0.05) is 19.3 Å². The van der Waals surface area contributed by atoms with E-state index in [1.165, 1.54) is 6.20 Å². The molecule has 0 aromatic carbocycles. The van der Waals surface area contributed by atoms with Crippen LogP contribution in [-0.4, -0.2) is 46.9 Å². The Hall–Kier alpha value is -2.53. The van der Waals surface area contributed by atoms with E-state index in [2.05, 4.69) is 20.2 Å². The van der Waals surface area contributed by atoms with Crippen LogP contribution >= 0.6 is 0 Å². The van der Waals surface area contributed by atoms with Gasteiger partial charge in [-0.1, -0.05) is 0 Å². The molecule has 0 bridgehead atoms. The van der Waals surface area contributed by atoms with E-state index in [1.807, 2.05) is 4.90 Å². The third kappa shape index (κ3) is 3.08. The summed E-state index contributed by atoms with van der Waals surface area (Å²) in [6.45, 7) is 2.51. The van der Waals surface area contributed by atoms with Crippen molar-refractivity contribution in [3.8, 4) is 11.3 Å². The Kier molecular flexibility index (Phi) is 3.97. The second-order valence-corrected chi connectivity index (χ2v) is 7.48. The van der Waals surface area contributed by atoms with Crippen molar-refractivity contribution in [2.45, 2.75) is 18.6 Å². The molecule has 11 heteroatoms. The van der Waals surface area contributed by atoms with Crippen molar-refractivity contribution in [1.82, 2.24) is 20.2 Å². The molecule has 1 unspecified atom stereocenters. The Bertz CT molecular complexity index is 996. The first-order valence-corrected chi connectivity index (χ1v) is 8.80. The number of nitrogens with two attached hydrogens (primary N) is 1. The molecule has 1 saturated heterocycles. The SMILES string of the molecule is Cc1nnc(-c2c[nH]c(=O)[nH]c2=O)cc1N1CCC(S(N)(=O)=O)C1. The van der Waals surface area contributed by atoms with Crippen LogP contribution in [0.1, 0.15) is 12.1 Å². The van der Waals surface area contributed by atoms with Gasteiger partial charge in [-0.3, -0.25) is 9.78 Å². The predicted octanol–water partition coefficient (Wildman–Crippen LogP) is -1.30. The van der Waals surface area contributed by atoms with Gasteiger partial charge in [-0.15, -0.1) is 5.10 Å². The molecule has 4 N–H and O–H groups in total. The van der Waals surface area contributed by atoms with Crippen molar-refractivity contribution in [1.29, 1.82) is 0 Å². The minimum atomic E-state index is -3.60. The van der Waals surface area contributed by atoms with Crippen LogP contribution < -0.4 is 21.3 Å². The number of sulfonamides is 1. The average Bonchev–Trinajstić information content (AvgIpc) is 2.98. The zero-order valence-corrected chi connectivity index (χ0v) is 13.6. The second kappa shape index (κ2) is 5.83. The Morgan fingerprint density at radius 3 is 2.71 bits per heavy atom. The summed E-state index contributed by atoms with van der Waals surface area (Å²) in [6, 6.07) is 1.65. The number of nitrogens with zero attached hydrogens (tertiary/aromatic N) is 3. The van der Waals surface area contributed by atoms with Crippen LogP contribution in [0.4, 0.5) is 5.69 Å². The number of H-pyrrole nitrogens is 2. The maximum Gasteiger partial charge on any atom is 0.325 e. The third-order valence-corrected chi connectivity index (χ3v) is 5.31. The van der Waals surface area contributed by atoms with Gasteiger partial charge < -0.3 is 9.88 Å². The molecular formula is C13H16N6O4S. The van der Waals surface area contributed by atoms with Gasteiger partial charge in [0.15, 0.2) is 0 Å². The number of primary sulfonamides is 1. The molecule has 3 rings (SSSR count). The first-order chi connectivity index (χ1) is 11.3. The van der Waals surface area contributed by atoms with Crippen molar-refractivity contribution in [2.75, 3.05) is 18.0 Å². The molecule has 2 aromatic heterocycles. The highest BCUT2D eigenvalue weighted by Crippen LogP contribution is 2.27. The normalized spacial score (nSPS) is 18.1. The zero-order chi connectivity index (χ0) is 17.5. The van der Waals surface area contributed by atoms with Crippen LogP contribution in [0.25, 0.3) is 11.3 Å². The van der Waals surface area contributed by atoms with E-state index in [-0.39, 0.29) is 17.8 Å². The summed E-state index contributed by atoms with van der Waals surface area (Å²) in [6.07, 6.45) is 1.69. The van der Waals surface area contributed by atoms with E-state index in [9.17, 15) is 18.0 Å². The summed E-state index contributed by atoms with van der Waals surface area (Å²) >= 11 is 0. The lowest BCUT2D eigenvalue weighted by atomic mass is 10.2. The van der Waals surface area contributed by atoms with Crippen molar-refractivity contribution < 1.29 is 8.42 Å². The Morgan fingerprint density at radius 1 is 1.33 bits per heavy atom. The maximum atomic E-state index is 11.9. The van der Waals surface area contributed by atoms with Crippen LogP contribution in [0.5, 0.6) is 0 Å². The fraction of sp³-hybridized carbons (Fsp3) is 0.385. The van der Waals surface area contributed by atoms with Gasteiger partial charge in [0.25, 0.3) is 5.56 Å². The molecule has 10 nitrogen and oxygen atoms in total. The van der Waals surface area contributed by atoms with E-state index >= 15 is 0 Å². The van der Waals surface area contributed by atoms with Gasteiger partial charge in [0.05, 0.1) is 22.2 Å². The summed E-state index contributed by atoms with van der Waals surface area (Å²) in [5.41, 5.74) is 0.551. The summed E-state index contributed by atoms with van der Waals surface area (Å²) in [5, 5.41) is 12.6. The Labute approximate surface area is 136 Å². The predicted molar refractivity (Wildman–Crippen MR) is 87.2 cm³/mol. The smallest absolute Gasteiger partial charge is 0.325 e. The van der Waals surface area contributed by atoms with Gasteiger partial charge in [-0.2, -0.15) is 5.10 Å². The molecule has 0 spiro atoms. The number of anilines is 1. The van der Waals surface area contributed by atoms with Gasteiger partial charge in [-0.05, 0) is 19.4 Å². The van der Waals surface area contributed by atoms with Gasteiger partial charge in [0.1, 0.15) is 5.69 Å². The highest BCUT2D eigenvalue weighted by molar-refractivity contribution is 7.89. The molecular weight excluding hydrogens is 336 g/mol. The van der Waals surface area contributed by atoms with Crippen LogP contribution in [0, 0.1) is 6.92 Å². The van der Waals surface area contributed by atoms with Gasteiger partial charge in [-0.25, -0.2) is 18.4 Å². The Balaban J connectivity index is 1.99. The first-order valence-electron chi connectivity index (χ1n) is 7.19. The molecule has 1 aliphatic heterocycles. The molecule has 0 radical (unpaired) electrons. The lowest BCUT2D eigenvalue weighted by molar-refractivity contribution is 0.585. The van der Waals surface area contributed by atoms with Crippen molar-refractivity contribution in [3.63, 3.8) is 0 Å². The van der Waals surface area contributed by atoms with E-state index in [0.717, 1.165) is 0 Å². The molecule has 1 fully saturated rings. The number of rotatable bonds is 3. The molecule has 0 aliphatic carbocycles. The largest absolute Gasteiger partial charge is 0.369 e. The number of aromatic amines is 2. The first kappa shape index (κ1) is 16.3. The number of nitrogens with one attached hydrogen (secondary N) is 2. The molecule has 1 aliphatic rings. The fourth-order valence-corrected chi connectivity index (χ4v) is 3.53. The highest BCUT2D eigenvalue weighted by atomic mass is 32.2. The molecule has 0 amide bonds. The molecule has 3 heterocycles. The second-order valence-electron chi connectivity index (χ2n) is 5.63. The monoisotopic (exact) mass is 352 g/mol. The number of hydrogen-bond donors (Lipinski definition) is 3. The van der Waals surface area contributed by atoms with Gasteiger partial charge >= 0.3 is 5.69 Å². The highest BCUT2D eigenvalue weighted by Gasteiger charge is 2.31. The van der Waals surface area contributed by atoms with Crippen molar-refractivity contribution in [3.05, 3.63) is 38.8 Å². The van der Waals surface area contributed by atoms with E-state index < -0.39 is 26.5 Å². The van der Waals surface area contributed by atoms with E-state index in [1.54, 1.807) is 13.0 Å². The zero-order valence-electron chi connectivity index (χ0n) is 12.8. The standard InChI is InChI=1S/C13H16N6O4S/c1-7-11(19-3-2-8(6-19)24(14,22)23)4-10(18-17-7)9-5-15-13(21)16-12(9)20/h4-5,8H,2-3,6H2,1H3,(H2,14,22,23)(H2,15,16,20,21). The lowest BCUT2D eigenvalue weighted by Gasteiger charge is -2.20. The van der Waals surface area contributed by atoms with Crippen molar-refractivity contribution >= 4 is 15.7 Å². The third-order valence-electron chi connectivity index (χ3n) is 4.00. The van der Waals surface area contributed by atoms with Gasteiger partial charge in [0.2, 0.25) is 10.0 Å². The molecule has 2 aromatic rings. The Morgan fingerprint density at radius 2 is 2.08 bits per heavy atom. The minimum absolute atomic E-state index is 0.172. The molecule has 0 saturated carbocycles. The molecule has 1 atom stereocenters. The van der Waals surface area contributed by atoms with Crippen molar-refractivity contribution in [2.24, 2.45) is 5.14 Å². The average molecular weight is 352 g/mol. The summed E-state index contributed by atoms with van der Waals surface area (Å²) in [5.74, 6) is 0. The van der Waals surface area contributed by atoms with Crippen LogP contribution in [-0.2, 0) is 10.0 Å². The number of hydrogen-bond acceptors (Lipinski definition) is 7. The lowest BCUT2D eigenvalue weighted by Crippen LogP contribution is -2.32. The van der Waals surface area contributed by atoms with Crippen LogP contribution in [0.3, 0.4) is 0 Å². The number of aromatic nitrogens is 4. The maximum absolute atomic E-state index is 11.9. The number of aryl methyl sites for hydroxylation is 1. The van der Waals surface area contributed by atoms with E-state index in [0.29, 0.717) is 24.3 Å². The van der Waals surface area contributed by atoms with Crippen LogP contribution in [0.2, 0.25) is 0 Å². The van der Waals surface area contributed by atoms with Crippen LogP contribution in [0.15, 0.2) is 21.9 Å². The quantitative estimate of drug-likeness (QED) is 0.619. The minimum Gasteiger partial charge on any atom is -0.369 e. The van der Waals surface area contributed by atoms with E-state index in [4.69, 9.17) is 5.14 Å². The molecule has 24 heavy (non-hydrogen) atoms. The summed E-state index contributed by atoms with van der Waals surface area (Å²) in [4.78, 5) is 29.4. The summed E-state index contributed by atoms with van der Waals surface area (Å²) < 4.78 is 23.0. The molecule has 128 valence electrons. The topological polar surface area (TPSA) is 155 Å². The summed E-state index contributed by atoms with van der Waals surface area (Å²) in [7, 11) is -3.60.